The van der Waals surface area contributed by atoms with Gasteiger partial charge in [0.15, 0.2) is 0 Å². The highest BCUT2D eigenvalue weighted by Gasteiger charge is 2.11. The van der Waals surface area contributed by atoms with Crippen LogP contribution in [0, 0.1) is 3.57 Å². The van der Waals surface area contributed by atoms with Gasteiger partial charge in [-0.3, -0.25) is 0 Å². The number of hydrogen-bond acceptors (Lipinski definition) is 3. The molecule has 21 heavy (non-hydrogen) atoms. The monoisotopic (exact) mass is 462 g/mol. The average molecular weight is 463 g/mol. The second-order valence-corrected chi connectivity index (χ2v) is 6.26. The molecule has 0 radical (unpaired) electrons. The molecule has 4 nitrogen and oxygen atoms in total. The zero-order valence-corrected chi connectivity index (χ0v) is 14.6. The van der Waals surface area contributed by atoms with Crippen LogP contribution in [0.25, 0.3) is 0 Å². The van der Waals surface area contributed by atoms with E-state index in [0.717, 1.165) is 13.8 Å². The Balaban J connectivity index is 1.89. The maximum atomic E-state index is 11.1. The van der Waals surface area contributed by atoms with Crippen molar-refractivity contribution in [3.05, 3.63) is 56.1 Å². The van der Waals surface area contributed by atoms with Crippen LogP contribution in [0.2, 0.25) is 0 Å². The van der Waals surface area contributed by atoms with Crippen LogP contribution < -0.4 is 9.47 Å². The largest absolute Gasteiger partial charge is 0.490 e. The van der Waals surface area contributed by atoms with Gasteiger partial charge in [0.25, 0.3) is 0 Å². The van der Waals surface area contributed by atoms with Crippen LogP contribution in [0.15, 0.2) is 46.9 Å². The predicted octanol–water partition coefficient (Wildman–Crippen LogP) is 4.21. The minimum absolute atomic E-state index is 0.158. The molecule has 0 aliphatic carbocycles. The molecule has 0 atom stereocenters. The van der Waals surface area contributed by atoms with Gasteiger partial charge < -0.3 is 14.6 Å². The number of carboxylic acid groups (broad SMARTS) is 1. The Kier molecular flexibility index (Phi) is 5.86. The highest BCUT2D eigenvalue weighted by atomic mass is 127. The normalized spacial score (nSPS) is 10.2. The molecule has 6 heteroatoms. The lowest BCUT2D eigenvalue weighted by Gasteiger charge is -2.10. The first-order valence-corrected chi connectivity index (χ1v) is 7.97. The van der Waals surface area contributed by atoms with Crippen molar-refractivity contribution in [1.29, 1.82) is 0 Å². The van der Waals surface area contributed by atoms with Crippen molar-refractivity contribution in [1.82, 2.24) is 0 Å². The second-order valence-electron chi connectivity index (χ2n) is 4.10. The molecular formula is C15H12BrIO4. The van der Waals surface area contributed by atoms with E-state index in [4.69, 9.17) is 14.6 Å². The molecule has 2 rings (SSSR count). The van der Waals surface area contributed by atoms with Crippen molar-refractivity contribution in [2.45, 2.75) is 0 Å². The molecule has 0 aliphatic heterocycles. The van der Waals surface area contributed by atoms with E-state index in [1.54, 1.807) is 18.2 Å². The van der Waals surface area contributed by atoms with Gasteiger partial charge in [0.05, 0.1) is 0 Å². The van der Waals surface area contributed by atoms with Gasteiger partial charge in [0.1, 0.15) is 30.3 Å². The Morgan fingerprint density at radius 1 is 1.10 bits per heavy atom. The van der Waals surface area contributed by atoms with Crippen LogP contribution in [0.1, 0.15) is 10.4 Å². The molecule has 0 amide bonds. The summed E-state index contributed by atoms with van der Waals surface area (Å²) in [5.41, 5.74) is 0.158. The quantitative estimate of drug-likeness (QED) is 0.516. The first-order valence-electron chi connectivity index (χ1n) is 6.10. The summed E-state index contributed by atoms with van der Waals surface area (Å²) in [6, 6.07) is 12.5. The number of carboxylic acids is 1. The van der Waals surface area contributed by atoms with Crippen LogP contribution in [0.5, 0.6) is 11.5 Å². The van der Waals surface area contributed by atoms with Gasteiger partial charge in [0, 0.05) is 8.04 Å². The number of carbonyl (C=O) groups is 1. The molecule has 1 N–H and O–H groups in total. The van der Waals surface area contributed by atoms with E-state index in [2.05, 4.69) is 38.5 Å². The van der Waals surface area contributed by atoms with E-state index < -0.39 is 5.97 Å². The number of aromatic carboxylic acids is 1. The van der Waals surface area contributed by atoms with Gasteiger partial charge in [-0.25, -0.2) is 4.79 Å². The molecule has 2 aromatic carbocycles. The first-order chi connectivity index (χ1) is 10.1. The summed E-state index contributed by atoms with van der Waals surface area (Å²) in [4.78, 5) is 11.1. The van der Waals surface area contributed by atoms with Crippen LogP contribution in [0.3, 0.4) is 0 Å². The fourth-order valence-corrected chi connectivity index (χ4v) is 2.39. The Bertz CT molecular complexity index is 628. The summed E-state index contributed by atoms with van der Waals surface area (Å²) in [6.07, 6.45) is 0. The molecule has 2 aromatic rings. The lowest BCUT2D eigenvalue weighted by Crippen LogP contribution is -2.11. The highest BCUT2D eigenvalue weighted by Crippen LogP contribution is 2.21. The van der Waals surface area contributed by atoms with Crippen LogP contribution in [0.4, 0.5) is 0 Å². The molecule has 0 aromatic heterocycles. The Labute approximate surface area is 144 Å². The summed E-state index contributed by atoms with van der Waals surface area (Å²) in [6.45, 7) is 0.615. The van der Waals surface area contributed by atoms with E-state index in [9.17, 15) is 4.79 Å². The standard InChI is InChI=1S/C15H12BrIO4/c16-10-1-4-12(5-2-10)20-7-8-21-14-6-3-11(17)9-13(14)15(18)19/h1-6,9H,7-8H2,(H,18,19). The predicted molar refractivity (Wildman–Crippen MR) is 91.3 cm³/mol. The Morgan fingerprint density at radius 3 is 2.43 bits per heavy atom. The average Bonchev–Trinajstić information content (AvgIpc) is 2.46. The number of rotatable bonds is 6. The van der Waals surface area contributed by atoms with Crippen molar-refractivity contribution < 1.29 is 19.4 Å². The lowest BCUT2D eigenvalue weighted by molar-refractivity contribution is 0.0691. The number of ether oxygens (including phenoxy) is 2. The molecule has 0 spiro atoms. The minimum atomic E-state index is -1.00. The topological polar surface area (TPSA) is 55.8 Å². The molecule has 0 aliphatic rings. The van der Waals surface area contributed by atoms with E-state index in [1.165, 1.54) is 0 Å². The van der Waals surface area contributed by atoms with Gasteiger partial charge in [-0.1, -0.05) is 15.9 Å². The van der Waals surface area contributed by atoms with Crippen molar-refractivity contribution in [2.75, 3.05) is 13.2 Å². The number of hydrogen-bond donors (Lipinski definition) is 1. The second kappa shape index (κ2) is 7.65. The molecule has 110 valence electrons. The zero-order chi connectivity index (χ0) is 15.2. The van der Waals surface area contributed by atoms with Gasteiger partial charge in [-0.05, 0) is 65.1 Å². The van der Waals surface area contributed by atoms with Crippen molar-refractivity contribution >= 4 is 44.5 Å². The summed E-state index contributed by atoms with van der Waals surface area (Å²) in [7, 11) is 0. The van der Waals surface area contributed by atoms with Crippen molar-refractivity contribution in [3.8, 4) is 11.5 Å². The third-order valence-corrected chi connectivity index (χ3v) is 3.79. The third kappa shape index (κ3) is 4.89. The van der Waals surface area contributed by atoms with Gasteiger partial charge in [-0.15, -0.1) is 0 Å². The molecule has 0 unspecified atom stereocenters. The first kappa shape index (κ1) is 16.1. The minimum Gasteiger partial charge on any atom is -0.490 e. The van der Waals surface area contributed by atoms with Gasteiger partial charge in [0.2, 0.25) is 0 Å². The number of benzene rings is 2. The van der Waals surface area contributed by atoms with E-state index in [1.807, 2.05) is 24.3 Å². The van der Waals surface area contributed by atoms with Crippen molar-refractivity contribution in [3.63, 3.8) is 0 Å². The SMILES string of the molecule is O=C(O)c1cc(I)ccc1OCCOc1ccc(Br)cc1. The smallest absolute Gasteiger partial charge is 0.339 e. The zero-order valence-electron chi connectivity index (χ0n) is 10.9. The maximum absolute atomic E-state index is 11.1. The van der Waals surface area contributed by atoms with Crippen LogP contribution in [-0.4, -0.2) is 24.3 Å². The maximum Gasteiger partial charge on any atom is 0.339 e. The molecule has 0 saturated heterocycles. The Morgan fingerprint density at radius 2 is 1.76 bits per heavy atom. The fraction of sp³-hybridized carbons (Fsp3) is 0.133. The highest BCUT2D eigenvalue weighted by molar-refractivity contribution is 14.1. The summed E-state index contributed by atoms with van der Waals surface area (Å²) >= 11 is 5.41. The van der Waals surface area contributed by atoms with E-state index in [-0.39, 0.29) is 12.2 Å². The fourth-order valence-electron chi connectivity index (χ4n) is 1.64. The molecular weight excluding hydrogens is 451 g/mol. The lowest BCUT2D eigenvalue weighted by atomic mass is 10.2. The molecule has 0 saturated carbocycles. The van der Waals surface area contributed by atoms with Crippen LogP contribution >= 0.6 is 38.5 Å². The Hall–Kier alpha value is -1.28. The van der Waals surface area contributed by atoms with Crippen molar-refractivity contribution in [2.24, 2.45) is 0 Å². The van der Waals surface area contributed by atoms with E-state index >= 15 is 0 Å². The molecule has 0 fully saturated rings. The van der Waals surface area contributed by atoms with Crippen LogP contribution in [-0.2, 0) is 0 Å². The third-order valence-electron chi connectivity index (χ3n) is 2.60. The number of halogens is 2. The van der Waals surface area contributed by atoms with E-state index in [0.29, 0.717) is 12.4 Å². The molecule has 0 heterocycles. The summed E-state index contributed by atoms with van der Waals surface area (Å²) in [5, 5.41) is 9.13. The summed E-state index contributed by atoms with van der Waals surface area (Å²) in [5.74, 6) is 0.0857. The van der Waals surface area contributed by atoms with Gasteiger partial charge >= 0.3 is 5.97 Å². The van der Waals surface area contributed by atoms with Gasteiger partial charge in [-0.2, -0.15) is 0 Å². The molecule has 0 bridgehead atoms. The summed E-state index contributed by atoms with van der Waals surface area (Å²) < 4.78 is 12.8.